The van der Waals surface area contributed by atoms with E-state index in [-0.39, 0.29) is 18.6 Å². The second-order valence-electron chi connectivity index (χ2n) is 8.17. The number of urea groups is 1. The maximum atomic E-state index is 12.7. The molecule has 9 heteroatoms. The molecule has 0 spiro atoms. The summed E-state index contributed by atoms with van der Waals surface area (Å²) < 4.78 is 43.5. The lowest BCUT2D eigenvalue weighted by molar-refractivity contribution is -0.137. The van der Waals surface area contributed by atoms with Crippen molar-refractivity contribution in [1.82, 2.24) is 15.5 Å². The molecule has 162 valence electrons. The average molecular weight is 415 g/mol. The van der Waals surface area contributed by atoms with Crippen LogP contribution in [0.15, 0.2) is 24.3 Å². The van der Waals surface area contributed by atoms with E-state index in [4.69, 9.17) is 4.74 Å². The third kappa shape index (κ3) is 7.83. The molecule has 1 aliphatic rings. The Kier molecular flexibility index (Phi) is 7.37. The van der Waals surface area contributed by atoms with Gasteiger partial charge in [0.25, 0.3) is 0 Å². The molecule has 0 unspecified atom stereocenters. The second-order valence-corrected chi connectivity index (χ2v) is 8.17. The summed E-state index contributed by atoms with van der Waals surface area (Å²) >= 11 is 0. The van der Waals surface area contributed by atoms with Crippen LogP contribution in [0.2, 0.25) is 0 Å². The topological polar surface area (TPSA) is 70.7 Å². The monoisotopic (exact) mass is 415 g/mol. The molecule has 29 heavy (non-hydrogen) atoms. The van der Waals surface area contributed by atoms with Gasteiger partial charge in [0.05, 0.1) is 5.56 Å². The first-order chi connectivity index (χ1) is 13.4. The van der Waals surface area contributed by atoms with Crippen molar-refractivity contribution < 1.29 is 27.5 Å². The standard InChI is InChI=1S/C20H28F3N3O3/c1-19(2,3)29-18(28)26-9-7-14(8-10-26)12-24-17(27)25-13-15-5-4-6-16(11-15)20(21,22)23/h4-6,11,14H,7-10,12-13H2,1-3H3,(H2,24,25,27). The Bertz CT molecular complexity index is 709. The number of piperidine rings is 1. The Labute approximate surface area is 168 Å². The van der Waals surface area contributed by atoms with Crippen LogP contribution in [0.1, 0.15) is 44.7 Å². The number of ether oxygens (including phenoxy) is 1. The molecule has 1 aromatic rings. The predicted octanol–water partition coefficient (Wildman–Crippen LogP) is 4.15. The Morgan fingerprint density at radius 1 is 1.14 bits per heavy atom. The normalized spacial score (nSPS) is 15.7. The van der Waals surface area contributed by atoms with E-state index >= 15 is 0 Å². The molecule has 1 fully saturated rings. The molecule has 0 atom stereocenters. The number of halogens is 3. The van der Waals surface area contributed by atoms with Crippen LogP contribution >= 0.6 is 0 Å². The van der Waals surface area contributed by atoms with Gasteiger partial charge in [-0.15, -0.1) is 0 Å². The largest absolute Gasteiger partial charge is 0.444 e. The number of nitrogens with zero attached hydrogens (tertiary/aromatic N) is 1. The summed E-state index contributed by atoms with van der Waals surface area (Å²) in [5.74, 6) is 0.230. The molecular formula is C20H28F3N3O3. The van der Waals surface area contributed by atoms with E-state index in [1.54, 1.807) is 4.90 Å². The van der Waals surface area contributed by atoms with Gasteiger partial charge < -0.3 is 20.3 Å². The third-order valence-electron chi connectivity index (χ3n) is 4.52. The van der Waals surface area contributed by atoms with Gasteiger partial charge in [0.2, 0.25) is 0 Å². The van der Waals surface area contributed by atoms with Gasteiger partial charge in [-0.3, -0.25) is 0 Å². The zero-order chi connectivity index (χ0) is 21.7. The van der Waals surface area contributed by atoms with E-state index in [1.165, 1.54) is 12.1 Å². The number of hydrogen-bond donors (Lipinski definition) is 2. The SMILES string of the molecule is CC(C)(C)OC(=O)N1CCC(CNC(=O)NCc2cccc(C(F)(F)F)c2)CC1. The van der Waals surface area contributed by atoms with Crippen molar-refractivity contribution in [2.45, 2.75) is 51.9 Å². The summed E-state index contributed by atoms with van der Waals surface area (Å²) in [7, 11) is 0. The van der Waals surface area contributed by atoms with Crippen molar-refractivity contribution in [3.63, 3.8) is 0 Å². The molecule has 1 aliphatic heterocycles. The van der Waals surface area contributed by atoms with Crippen LogP contribution in [0, 0.1) is 5.92 Å². The van der Waals surface area contributed by atoms with Crippen LogP contribution in [0.5, 0.6) is 0 Å². The van der Waals surface area contributed by atoms with Crippen molar-refractivity contribution in [1.29, 1.82) is 0 Å². The van der Waals surface area contributed by atoms with Crippen molar-refractivity contribution >= 4 is 12.1 Å². The van der Waals surface area contributed by atoms with Gasteiger partial charge in [-0.1, -0.05) is 12.1 Å². The predicted molar refractivity (Wildman–Crippen MR) is 102 cm³/mol. The van der Waals surface area contributed by atoms with E-state index in [0.717, 1.165) is 25.0 Å². The number of nitrogens with one attached hydrogen (secondary N) is 2. The number of hydrogen-bond acceptors (Lipinski definition) is 3. The highest BCUT2D eigenvalue weighted by molar-refractivity contribution is 5.73. The molecule has 0 aliphatic carbocycles. The maximum Gasteiger partial charge on any atom is 0.416 e. The summed E-state index contributed by atoms with van der Waals surface area (Å²) in [5, 5.41) is 5.31. The second kappa shape index (κ2) is 9.37. The molecule has 0 bridgehead atoms. The highest BCUT2D eigenvalue weighted by atomic mass is 19.4. The molecule has 0 aromatic heterocycles. The molecule has 1 saturated heterocycles. The van der Waals surface area contributed by atoms with Crippen LogP contribution in [-0.4, -0.2) is 42.3 Å². The van der Waals surface area contributed by atoms with Crippen molar-refractivity contribution in [3.8, 4) is 0 Å². The molecule has 1 heterocycles. The van der Waals surface area contributed by atoms with E-state index in [1.807, 2.05) is 20.8 Å². The van der Waals surface area contributed by atoms with E-state index in [2.05, 4.69) is 10.6 Å². The molecule has 1 aromatic carbocycles. The fourth-order valence-electron chi connectivity index (χ4n) is 2.99. The zero-order valence-corrected chi connectivity index (χ0v) is 16.9. The van der Waals surface area contributed by atoms with Crippen LogP contribution in [0.4, 0.5) is 22.8 Å². The van der Waals surface area contributed by atoms with Crippen molar-refractivity contribution in [2.24, 2.45) is 5.92 Å². The molecular weight excluding hydrogens is 387 g/mol. The quantitative estimate of drug-likeness (QED) is 0.776. The molecule has 6 nitrogen and oxygen atoms in total. The summed E-state index contributed by atoms with van der Waals surface area (Å²) in [4.78, 5) is 25.6. The zero-order valence-electron chi connectivity index (χ0n) is 16.9. The number of amides is 3. The Morgan fingerprint density at radius 2 is 1.79 bits per heavy atom. The maximum absolute atomic E-state index is 12.7. The first kappa shape index (κ1) is 22.8. The van der Waals surface area contributed by atoms with Gasteiger partial charge in [-0.25, -0.2) is 9.59 Å². The number of alkyl halides is 3. The molecule has 0 radical (unpaired) electrons. The molecule has 2 N–H and O–H groups in total. The fraction of sp³-hybridized carbons (Fsp3) is 0.600. The van der Waals surface area contributed by atoms with Gasteiger partial charge in [-0.05, 0) is 57.2 Å². The van der Waals surface area contributed by atoms with Crippen molar-refractivity contribution in [3.05, 3.63) is 35.4 Å². The Balaban J connectivity index is 1.70. The van der Waals surface area contributed by atoms with Gasteiger partial charge >= 0.3 is 18.3 Å². The number of carbonyl (C=O) groups is 2. The van der Waals surface area contributed by atoms with E-state index < -0.39 is 23.4 Å². The summed E-state index contributed by atoms with van der Waals surface area (Å²) in [5.41, 5.74) is -0.901. The molecule has 2 rings (SSSR count). The minimum Gasteiger partial charge on any atom is -0.444 e. The smallest absolute Gasteiger partial charge is 0.416 e. The minimum absolute atomic E-state index is 0.00679. The first-order valence-electron chi connectivity index (χ1n) is 9.60. The van der Waals surface area contributed by atoms with Gasteiger partial charge in [0.15, 0.2) is 0 Å². The third-order valence-corrected chi connectivity index (χ3v) is 4.52. The Hall–Kier alpha value is -2.45. The first-order valence-corrected chi connectivity index (χ1v) is 9.60. The van der Waals surface area contributed by atoms with E-state index in [0.29, 0.717) is 25.2 Å². The lowest BCUT2D eigenvalue weighted by Crippen LogP contribution is -2.44. The van der Waals surface area contributed by atoms with Crippen LogP contribution in [-0.2, 0) is 17.5 Å². The van der Waals surface area contributed by atoms with Crippen LogP contribution in [0.3, 0.4) is 0 Å². The lowest BCUT2D eigenvalue weighted by atomic mass is 9.97. The highest BCUT2D eigenvalue weighted by Gasteiger charge is 2.30. The van der Waals surface area contributed by atoms with Gasteiger partial charge in [-0.2, -0.15) is 13.2 Å². The van der Waals surface area contributed by atoms with Crippen molar-refractivity contribution in [2.75, 3.05) is 19.6 Å². The minimum atomic E-state index is -4.41. The van der Waals surface area contributed by atoms with Gasteiger partial charge in [0, 0.05) is 26.2 Å². The Morgan fingerprint density at radius 3 is 2.38 bits per heavy atom. The number of likely N-dealkylation sites (tertiary alicyclic amines) is 1. The lowest BCUT2D eigenvalue weighted by Gasteiger charge is -2.33. The molecule has 0 saturated carbocycles. The highest BCUT2D eigenvalue weighted by Crippen LogP contribution is 2.29. The number of rotatable bonds is 4. The molecule has 3 amide bonds. The summed E-state index contributed by atoms with van der Waals surface area (Å²) in [6.07, 6.45) is -3.25. The number of carbonyl (C=O) groups excluding carboxylic acids is 2. The fourth-order valence-corrected chi connectivity index (χ4v) is 2.99. The van der Waals surface area contributed by atoms with Gasteiger partial charge in [0.1, 0.15) is 5.60 Å². The van der Waals surface area contributed by atoms with E-state index in [9.17, 15) is 22.8 Å². The van der Waals surface area contributed by atoms with Crippen LogP contribution in [0.25, 0.3) is 0 Å². The summed E-state index contributed by atoms with van der Waals surface area (Å²) in [6.45, 7) is 7.03. The summed E-state index contributed by atoms with van der Waals surface area (Å²) in [6, 6.07) is 4.43. The average Bonchev–Trinajstić information content (AvgIpc) is 2.63. The number of benzene rings is 1. The van der Waals surface area contributed by atoms with Crippen LogP contribution < -0.4 is 10.6 Å².